The molecule has 0 bridgehead atoms. The number of allylic oxidation sites excluding steroid dienone is 1. The van der Waals surface area contributed by atoms with Crippen LogP contribution in [0.25, 0.3) is 5.70 Å². The van der Waals surface area contributed by atoms with Gasteiger partial charge in [-0.05, 0) is 62.3 Å². The molecule has 1 fully saturated rings. The van der Waals surface area contributed by atoms with E-state index in [-0.39, 0.29) is 30.0 Å². The number of hydrogen-bond acceptors (Lipinski definition) is 7. The fourth-order valence-corrected chi connectivity index (χ4v) is 6.16. The van der Waals surface area contributed by atoms with Crippen LogP contribution in [0.5, 0.6) is 17.2 Å². The molecule has 41 heavy (non-hydrogen) atoms. The second-order valence-electron chi connectivity index (χ2n) is 11.9. The summed E-state index contributed by atoms with van der Waals surface area (Å²) < 4.78 is 33.8. The van der Waals surface area contributed by atoms with Gasteiger partial charge in [0.1, 0.15) is 18.9 Å². The SMILES string of the molecule is CCC=C1c2c(cc(OCC)c(OCC)c2F)C2(CC2)N1CC(=O)c1cc2c(c(C(C)(C)C)c1)OCCN2CC#N. The zero-order valence-corrected chi connectivity index (χ0v) is 25.0. The van der Waals surface area contributed by atoms with Gasteiger partial charge in [-0.2, -0.15) is 5.26 Å². The van der Waals surface area contributed by atoms with E-state index in [1.165, 1.54) is 0 Å². The highest BCUT2D eigenvalue weighted by atomic mass is 19.1. The molecule has 0 radical (unpaired) electrons. The lowest BCUT2D eigenvalue weighted by molar-refractivity contribution is 0.0938. The number of benzene rings is 2. The number of carbonyl (C=O) groups is 1. The van der Waals surface area contributed by atoms with Gasteiger partial charge in [-0.1, -0.05) is 33.8 Å². The molecule has 3 aliphatic rings. The standard InChI is InChI=1S/C33H40FN3O4/c1-7-10-24-28-22(19-27(39-8-2)31(29(28)34)40-9-3)33(11-12-33)37(24)20-26(38)21-17-23(32(4,5)6)30-25(18-21)36(14-13-35)15-16-41-30/h10,17-19H,7-9,11-12,14-16,20H2,1-6H3. The maximum absolute atomic E-state index is 16.2. The van der Waals surface area contributed by atoms with Crippen LogP contribution < -0.4 is 19.1 Å². The fourth-order valence-electron chi connectivity index (χ4n) is 6.16. The van der Waals surface area contributed by atoms with Gasteiger partial charge in [0.15, 0.2) is 23.1 Å². The first-order valence-electron chi connectivity index (χ1n) is 14.7. The summed E-state index contributed by atoms with van der Waals surface area (Å²) in [5.41, 5.74) is 3.66. The molecule has 5 rings (SSSR count). The quantitative estimate of drug-likeness (QED) is 0.253. The number of nitriles is 1. The summed E-state index contributed by atoms with van der Waals surface area (Å²) in [6.07, 6.45) is 4.36. The van der Waals surface area contributed by atoms with Crippen molar-refractivity contribution in [3.63, 3.8) is 0 Å². The third-order valence-corrected chi connectivity index (χ3v) is 8.17. The van der Waals surface area contributed by atoms with Gasteiger partial charge < -0.3 is 24.0 Å². The predicted molar refractivity (Wildman–Crippen MR) is 157 cm³/mol. The largest absolute Gasteiger partial charge is 0.490 e. The molecule has 7 nitrogen and oxygen atoms in total. The first-order valence-corrected chi connectivity index (χ1v) is 14.7. The van der Waals surface area contributed by atoms with E-state index in [0.717, 1.165) is 41.1 Å². The lowest BCUT2D eigenvalue weighted by Gasteiger charge is -2.34. The maximum atomic E-state index is 16.2. The number of nitrogens with zero attached hydrogens (tertiary/aromatic N) is 3. The number of ketones is 1. The predicted octanol–water partition coefficient (Wildman–Crippen LogP) is 6.58. The van der Waals surface area contributed by atoms with Gasteiger partial charge in [-0.25, -0.2) is 4.39 Å². The molecule has 0 atom stereocenters. The summed E-state index contributed by atoms with van der Waals surface area (Å²) in [5.74, 6) is 0.784. The summed E-state index contributed by atoms with van der Waals surface area (Å²) in [7, 11) is 0. The van der Waals surface area contributed by atoms with Crippen molar-refractivity contribution in [1.82, 2.24) is 4.90 Å². The van der Waals surface area contributed by atoms with Crippen LogP contribution in [0.2, 0.25) is 0 Å². The smallest absolute Gasteiger partial charge is 0.197 e. The van der Waals surface area contributed by atoms with Gasteiger partial charge in [0.25, 0.3) is 0 Å². The Hall–Kier alpha value is -3.73. The van der Waals surface area contributed by atoms with Crippen LogP contribution in [-0.2, 0) is 11.0 Å². The van der Waals surface area contributed by atoms with E-state index in [9.17, 15) is 10.1 Å². The monoisotopic (exact) mass is 561 g/mol. The van der Waals surface area contributed by atoms with Crippen LogP contribution in [-0.4, -0.2) is 50.1 Å². The lowest BCUT2D eigenvalue weighted by Crippen LogP contribution is -2.35. The third kappa shape index (κ3) is 4.90. The molecule has 0 unspecified atom stereocenters. The molecule has 2 aromatic carbocycles. The van der Waals surface area contributed by atoms with E-state index in [0.29, 0.717) is 49.7 Å². The summed E-state index contributed by atoms with van der Waals surface area (Å²) >= 11 is 0. The number of Topliss-reactive ketones (excluding diaryl/α,β-unsaturated/α-hetero) is 1. The second kappa shape index (κ2) is 10.9. The molecule has 1 spiro atoms. The molecule has 2 aliphatic heterocycles. The van der Waals surface area contributed by atoms with Crippen LogP contribution in [0.3, 0.4) is 0 Å². The molecular formula is C33H40FN3O4. The minimum absolute atomic E-state index is 0.0580. The van der Waals surface area contributed by atoms with Crippen molar-refractivity contribution < 1.29 is 23.4 Å². The molecule has 0 N–H and O–H groups in total. The molecule has 1 aliphatic carbocycles. The number of carbonyl (C=O) groups excluding carboxylic acids is 1. The van der Waals surface area contributed by atoms with Crippen molar-refractivity contribution in [3.8, 4) is 23.3 Å². The van der Waals surface area contributed by atoms with E-state index in [1.54, 1.807) is 0 Å². The molecule has 2 aromatic rings. The van der Waals surface area contributed by atoms with Crippen molar-refractivity contribution >= 4 is 17.2 Å². The first-order chi connectivity index (χ1) is 19.6. The van der Waals surface area contributed by atoms with Crippen molar-refractivity contribution in [1.29, 1.82) is 5.26 Å². The number of anilines is 1. The second-order valence-corrected chi connectivity index (χ2v) is 11.9. The Bertz CT molecular complexity index is 1430. The van der Waals surface area contributed by atoms with Crippen molar-refractivity contribution in [3.05, 3.63) is 52.3 Å². The minimum atomic E-state index is -0.444. The average molecular weight is 562 g/mol. The molecule has 218 valence electrons. The highest BCUT2D eigenvalue weighted by Gasteiger charge is 2.58. The number of ether oxygens (including phenoxy) is 3. The minimum Gasteiger partial charge on any atom is -0.490 e. The van der Waals surface area contributed by atoms with Gasteiger partial charge in [0.2, 0.25) is 0 Å². The molecule has 1 saturated carbocycles. The normalized spacial score (nSPS) is 17.7. The van der Waals surface area contributed by atoms with Gasteiger partial charge in [-0.3, -0.25) is 4.79 Å². The van der Waals surface area contributed by atoms with Crippen molar-refractivity contribution in [2.75, 3.05) is 44.4 Å². The number of halogens is 1. The summed E-state index contributed by atoms with van der Waals surface area (Å²) in [6.45, 7) is 14.1. The summed E-state index contributed by atoms with van der Waals surface area (Å²) in [6, 6.07) is 7.95. The molecular weight excluding hydrogens is 521 g/mol. The Balaban J connectivity index is 1.58. The van der Waals surface area contributed by atoms with Crippen LogP contribution >= 0.6 is 0 Å². The molecule has 8 heteroatoms. The van der Waals surface area contributed by atoms with E-state index in [4.69, 9.17) is 14.2 Å². The van der Waals surface area contributed by atoms with Gasteiger partial charge >= 0.3 is 0 Å². The molecule has 0 aromatic heterocycles. The average Bonchev–Trinajstić information content (AvgIpc) is 3.69. The highest BCUT2D eigenvalue weighted by Crippen LogP contribution is 2.62. The van der Waals surface area contributed by atoms with Crippen LogP contribution in [0.1, 0.15) is 87.9 Å². The Morgan fingerprint density at radius 3 is 2.51 bits per heavy atom. The van der Waals surface area contributed by atoms with Gasteiger partial charge in [0.05, 0.1) is 43.6 Å². The zero-order valence-electron chi connectivity index (χ0n) is 25.0. The first kappa shape index (κ1) is 28.8. The maximum Gasteiger partial charge on any atom is 0.197 e. The van der Waals surface area contributed by atoms with Gasteiger partial charge in [0, 0.05) is 22.4 Å². The van der Waals surface area contributed by atoms with E-state index in [2.05, 4.69) is 31.7 Å². The number of fused-ring (bicyclic) bond motifs is 3. The summed E-state index contributed by atoms with van der Waals surface area (Å²) in [5, 5.41) is 9.44. The summed E-state index contributed by atoms with van der Waals surface area (Å²) in [4.78, 5) is 18.2. The van der Waals surface area contributed by atoms with E-state index < -0.39 is 11.4 Å². The van der Waals surface area contributed by atoms with Crippen LogP contribution in [0.4, 0.5) is 10.1 Å². The Morgan fingerprint density at radius 2 is 1.90 bits per heavy atom. The van der Waals surface area contributed by atoms with E-state index >= 15 is 4.39 Å². The zero-order chi connectivity index (χ0) is 29.5. The number of rotatable bonds is 9. The van der Waals surface area contributed by atoms with Crippen LogP contribution in [0.15, 0.2) is 24.3 Å². The topological polar surface area (TPSA) is 75.0 Å². The Labute approximate surface area is 242 Å². The van der Waals surface area contributed by atoms with Gasteiger partial charge in [-0.15, -0.1) is 0 Å². The van der Waals surface area contributed by atoms with E-state index in [1.807, 2.05) is 49.9 Å². The van der Waals surface area contributed by atoms with Crippen molar-refractivity contribution in [2.24, 2.45) is 0 Å². The number of hydrogen-bond donors (Lipinski definition) is 0. The fraction of sp³-hybridized carbons (Fsp3) is 0.515. The molecule has 2 heterocycles. The Morgan fingerprint density at radius 1 is 1.17 bits per heavy atom. The highest BCUT2D eigenvalue weighted by molar-refractivity contribution is 6.00. The Kier molecular flexibility index (Phi) is 7.67. The third-order valence-electron chi connectivity index (χ3n) is 8.17. The molecule has 0 amide bonds. The molecule has 0 saturated heterocycles. The van der Waals surface area contributed by atoms with Crippen molar-refractivity contribution in [2.45, 2.75) is 71.8 Å². The van der Waals surface area contributed by atoms with Crippen LogP contribution in [0, 0.1) is 17.1 Å². The lowest BCUT2D eigenvalue weighted by atomic mass is 9.84.